The molecule has 2 aliphatic heterocycles. The highest BCUT2D eigenvalue weighted by atomic mass is 32.2. The average Bonchev–Trinajstić information content (AvgIpc) is 2.90. The van der Waals surface area contributed by atoms with Crippen LogP contribution in [-0.4, -0.2) is 54.9 Å². The summed E-state index contributed by atoms with van der Waals surface area (Å²) in [4.78, 5) is 4.03. The Labute approximate surface area is 131 Å². The molecule has 1 aromatic heterocycles. The predicted molar refractivity (Wildman–Crippen MR) is 82.2 cm³/mol. The lowest BCUT2D eigenvalue weighted by Crippen LogP contribution is -2.50. The van der Waals surface area contributed by atoms with E-state index in [4.69, 9.17) is 9.47 Å². The van der Waals surface area contributed by atoms with Crippen LogP contribution in [0.4, 0.5) is 0 Å². The summed E-state index contributed by atoms with van der Waals surface area (Å²) >= 11 is 0. The lowest BCUT2D eigenvalue weighted by molar-refractivity contribution is -0.0338. The van der Waals surface area contributed by atoms with E-state index >= 15 is 0 Å². The van der Waals surface area contributed by atoms with Crippen LogP contribution in [0.1, 0.15) is 26.2 Å². The first-order chi connectivity index (χ1) is 10.5. The maximum Gasteiger partial charge on any atom is 0.213 e. The van der Waals surface area contributed by atoms with Crippen molar-refractivity contribution in [3.63, 3.8) is 0 Å². The zero-order valence-electron chi connectivity index (χ0n) is 12.8. The summed E-state index contributed by atoms with van der Waals surface area (Å²) in [7, 11) is -3.16. The molecule has 0 N–H and O–H groups in total. The molecular weight excluding hydrogens is 304 g/mol. The van der Waals surface area contributed by atoms with Gasteiger partial charge >= 0.3 is 0 Å². The zero-order chi connectivity index (χ0) is 15.6. The quantitative estimate of drug-likeness (QED) is 0.837. The van der Waals surface area contributed by atoms with Crippen LogP contribution in [0.5, 0.6) is 5.75 Å². The van der Waals surface area contributed by atoms with Crippen LogP contribution < -0.4 is 4.74 Å². The van der Waals surface area contributed by atoms with Crippen molar-refractivity contribution in [2.75, 3.05) is 25.4 Å². The average molecular weight is 326 g/mol. The number of hydrogen-bond donors (Lipinski definition) is 0. The van der Waals surface area contributed by atoms with Gasteiger partial charge in [-0.25, -0.2) is 8.42 Å². The number of piperidine rings is 1. The van der Waals surface area contributed by atoms with E-state index in [1.165, 1.54) is 0 Å². The summed E-state index contributed by atoms with van der Waals surface area (Å²) in [5, 5.41) is 0. The Balaban J connectivity index is 1.65. The highest BCUT2D eigenvalue weighted by molar-refractivity contribution is 7.89. The fraction of sp³-hybridized carbons (Fsp3) is 0.667. The van der Waals surface area contributed by atoms with Gasteiger partial charge in [0.2, 0.25) is 10.0 Å². The molecule has 0 amide bonds. The molecule has 0 saturated carbocycles. The number of pyridine rings is 1. The van der Waals surface area contributed by atoms with E-state index in [-0.39, 0.29) is 11.9 Å². The molecule has 3 rings (SSSR count). The van der Waals surface area contributed by atoms with Gasteiger partial charge in [-0.15, -0.1) is 0 Å². The molecule has 0 aliphatic carbocycles. The molecule has 3 heterocycles. The van der Waals surface area contributed by atoms with Gasteiger partial charge in [0, 0.05) is 25.7 Å². The Hall–Kier alpha value is -1.18. The first kappa shape index (κ1) is 15.7. The standard InChI is InChI=1S/C15H22N2O4S/c1-2-22(18,19)17-8-4-6-15(12-17)9-14(11-20-15)21-13-5-3-7-16-10-13/h3,5,7,10,14H,2,4,6,8-9,11-12H2,1H3/t14-,15+/m1/s1. The number of aromatic nitrogens is 1. The van der Waals surface area contributed by atoms with Crippen LogP contribution in [0.25, 0.3) is 0 Å². The molecule has 122 valence electrons. The lowest BCUT2D eigenvalue weighted by Gasteiger charge is -2.38. The van der Waals surface area contributed by atoms with E-state index in [2.05, 4.69) is 4.98 Å². The van der Waals surface area contributed by atoms with E-state index in [0.29, 0.717) is 19.7 Å². The largest absolute Gasteiger partial charge is 0.486 e. The Morgan fingerprint density at radius 2 is 2.41 bits per heavy atom. The van der Waals surface area contributed by atoms with Gasteiger partial charge in [-0.1, -0.05) is 0 Å². The van der Waals surface area contributed by atoms with Gasteiger partial charge in [0.25, 0.3) is 0 Å². The van der Waals surface area contributed by atoms with E-state index in [9.17, 15) is 8.42 Å². The first-order valence-electron chi connectivity index (χ1n) is 7.71. The molecule has 2 saturated heterocycles. The minimum Gasteiger partial charge on any atom is -0.486 e. The fourth-order valence-electron chi connectivity index (χ4n) is 3.25. The van der Waals surface area contributed by atoms with Crippen molar-refractivity contribution in [2.24, 2.45) is 0 Å². The molecule has 1 spiro atoms. The smallest absolute Gasteiger partial charge is 0.213 e. The van der Waals surface area contributed by atoms with Crippen molar-refractivity contribution >= 4 is 10.0 Å². The molecule has 2 fully saturated rings. The van der Waals surface area contributed by atoms with Gasteiger partial charge in [0.15, 0.2) is 0 Å². The Kier molecular flexibility index (Phi) is 4.38. The van der Waals surface area contributed by atoms with Crippen molar-refractivity contribution in [2.45, 2.75) is 37.9 Å². The van der Waals surface area contributed by atoms with Gasteiger partial charge in [-0.2, -0.15) is 4.31 Å². The third kappa shape index (κ3) is 3.26. The second-order valence-corrected chi connectivity index (χ2v) is 8.22. The van der Waals surface area contributed by atoms with Crippen LogP contribution in [0.15, 0.2) is 24.5 Å². The molecule has 1 aromatic rings. The molecule has 0 bridgehead atoms. The van der Waals surface area contributed by atoms with E-state index in [0.717, 1.165) is 25.0 Å². The van der Waals surface area contributed by atoms with Crippen molar-refractivity contribution < 1.29 is 17.9 Å². The predicted octanol–water partition coefficient (Wildman–Crippen LogP) is 1.43. The van der Waals surface area contributed by atoms with Crippen LogP contribution >= 0.6 is 0 Å². The summed E-state index contributed by atoms with van der Waals surface area (Å²) in [6.45, 7) is 3.21. The summed E-state index contributed by atoms with van der Waals surface area (Å²) in [6, 6.07) is 3.70. The van der Waals surface area contributed by atoms with Gasteiger partial charge < -0.3 is 9.47 Å². The van der Waals surface area contributed by atoms with E-state index < -0.39 is 15.6 Å². The van der Waals surface area contributed by atoms with E-state index in [1.54, 1.807) is 23.6 Å². The molecule has 2 atom stereocenters. The summed E-state index contributed by atoms with van der Waals surface area (Å²) in [5.41, 5.74) is -0.395. The molecule has 6 nitrogen and oxygen atoms in total. The molecule has 0 radical (unpaired) electrons. The van der Waals surface area contributed by atoms with Crippen LogP contribution in [0, 0.1) is 0 Å². The van der Waals surface area contributed by atoms with Crippen molar-refractivity contribution in [1.29, 1.82) is 0 Å². The fourth-order valence-corrected chi connectivity index (χ4v) is 4.45. The number of sulfonamides is 1. The number of hydrogen-bond acceptors (Lipinski definition) is 5. The van der Waals surface area contributed by atoms with Gasteiger partial charge in [0.1, 0.15) is 11.9 Å². The Morgan fingerprint density at radius 1 is 1.55 bits per heavy atom. The minimum absolute atomic E-state index is 0.0477. The van der Waals surface area contributed by atoms with Gasteiger partial charge in [0.05, 0.1) is 24.2 Å². The zero-order valence-corrected chi connectivity index (χ0v) is 13.6. The van der Waals surface area contributed by atoms with Crippen molar-refractivity contribution in [1.82, 2.24) is 9.29 Å². The number of nitrogens with zero attached hydrogens (tertiary/aromatic N) is 2. The molecule has 0 aromatic carbocycles. The Bertz CT molecular complexity index is 607. The second-order valence-electron chi connectivity index (χ2n) is 5.96. The minimum atomic E-state index is -3.16. The normalized spacial score (nSPS) is 29.8. The topological polar surface area (TPSA) is 68.7 Å². The Morgan fingerprint density at radius 3 is 3.14 bits per heavy atom. The molecule has 7 heteroatoms. The van der Waals surface area contributed by atoms with Gasteiger partial charge in [-0.3, -0.25) is 4.98 Å². The summed E-state index contributed by atoms with van der Waals surface area (Å²) < 4.78 is 37.6. The van der Waals surface area contributed by atoms with Crippen LogP contribution in [0.2, 0.25) is 0 Å². The SMILES string of the molecule is CCS(=O)(=O)N1CCC[C@]2(C[C@@H](Oc3cccnc3)CO2)C1. The number of rotatable bonds is 4. The van der Waals surface area contributed by atoms with E-state index in [1.807, 2.05) is 12.1 Å². The maximum absolute atomic E-state index is 12.1. The lowest BCUT2D eigenvalue weighted by atomic mass is 9.90. The molecular formula is C15H22N2O4S. The molecule has 0 unspecified atom stereocenters. The maximum atomic E-state index is 12.1. The highest BCUT2D eigenvalue weighted by Crippen LogP contribution is 2.36. The molecule has 22 heavy (non-hydrogen) atoms. The van der Waals surface area contributed by atoms with Crippen LogP contribution in [-0.2, 0) is 14.8 Å². The van der Waals surface area contributed by atoms with Crippen molar-refractivity contribution in [3.05, 3.63) is 24.5 Å². The highest BCUT2D eigenvalue weighted by Gasteiger charge is 2.46. The molecule has 2 aliphatic rings. The number of ether oxygens (including phenoxy) is 2. The second kappa shape index (κ2) is 6.14. The van der Waals surface area contributed by atoms with Crippen LogP contribution in [0.3, 0.4) is 0 Å². The van der Waals surface area contributed by atoms with Crippen molar-refractivity contribution in [3.8, 4) is 5.75 Å². The summed E-state index contributed by atoms with van der Waals surface area (Å²) in [6.07, 6.45) is 5.77. The summed E-state index contributed by atoms with van der Waals surface area (Å²) in [5.74, 6) is 0.862. The monoisotopic (exact) mass is 326 g/mol. The third-order valence-corrected chi connectivity index (χ3v) is 6.20. The third-order valence-electron chi connectivity index (χ3n) is 4.37. The first-order valence-corrected chi connectivity index (χ1v) is 9.32. The van der Waals surface area contributed by atoms with Gasteiger partial charge in [-0.05, 0) is 31.9 Å².